The summed E-state index contributed by atoms with van der Waals surface area (Å²) in [6.45, 7) is 3.28. The van der Waals surface area contributed by atoms with Gasteiger partial charge in [-0.15, -0.1) is 0 Å². The average molecular weight is 313 g/mol. The molecule has 21 heavy (non-hydrogen) atoms. The fraction of sp³-hybridized carbons (Fsp3) is 0.429. The van der Waals surface area contributed by atoms with Crippen molar-refractivity contribution in [2.24, 2.45) is 0 Å². The number of ether oxygens (including phenoxy) is 1. The third kappa shape index (κ3) is 4.04. The summed E-state index contributed by atoms with van der Waals surface area (Å²) in [5.74, 6) is -1.16. The largest absolute Gasteiger partial charge is 0.468 e. The normalized spacial score (nSPS) is 11.0. The molecule has 0 heterocycles. The fourth-order valence-electron chi connectivity index (χ4n) is 1.79. The Kier molecular flexibility index (Phi) is 5.90. The molecule has 0 aliphatic heterocycles. The Balaban J connectivity index is 3.21. The second-order valence-corrected chi connectivity index (χ2v) is 6.54. The average Bonchev–Trinajstić information content (AvgIpc) is 2.51. The highest BCUT2D eigenvalue weighted by atomic mass is 32.2. The van der Waals surface area contributed by atoms with E-state index in [0.29, 0.717) is 0 Å². The maximum absolute atomic E-state index is 12.5. The van der Waals surface area contributed by atoms with Crippen LogP contribution in [0.15, 0.2) is 29.2 Å². The molecular formula is C14H19NO5S. The zero-order valence-corrected chi connectivity index (χ0v) is 13.1. The highest BCUT2D eigenvalue weighted by molar-refractivity contribution is 7.91. The zero-order chi connectivity index (χ0) is 16.0. The molecule has 1 aromatic rings. The second kappa shape index (κ2) is 7.21. The summed E-state index contributed by atoms with van der Waals surface area (Å²) >= 11 is 0. The van der Waals surface area contributed by atoms with Crippen LogP contribution in [0.4, 0.5) is 0 Å². The van der Waals surface area contributed by atoms with Crippen molar-refractivity contribution in [1.82, 2.24) is 4.90 Å². The summed E-state index contributed by atoms with van der Waals surface area (Å²) in [5.41, 5.74) is 0.0742. The van der Waals surface area contributed by atoms with Gasteiger partial charge < -0.3 is 9.64 Å². The van der Waals surface area contributed by atoms with Crippen molar-refractivity contribution in [3.8, 4) is 0 Å². The molecule has 0 radical (unpaired) electrons. The van der Waals surface area contributed by atoms with Crippen LogP contribution < -0.4 is 0 Å². The van der Waals surface area contributed by atoms with E-state index in [1.807, 2.05) is 0 Å². The van der Waals surface area contributed by atoms with Crippen molar-refractivity contribution in [3.05, 3.63) is 29.8 Å². The Hall–Kier alpha value is -1.89. The van der Waals surface area contributed by atoms with Crippen molar-refractivity contribution in [1.29, 1.82) is 0 Å². The van der Waals surface area contributed by atoms with Crippen LogP contribution in [-0.4, -0.2) is 51.1 Å². The number of carbonyl (C=O) groups is 2. The molecule has 1 aromatic carbocycles. The molecule has 6 nitrogen and oxygen atoms in total. The van der Waals surface area contributed by atoms with Crippen molar-refractivity contribution in [2.75, 3.05) is 26.0 Å². The van der Waals surface area contributed by atoms with Crippen molar-refractivity contribution < 1.29 is 22.7 Å². The summed E-state index contributed by atoms with van der Waals surface area (Å²) in [6.07, 6.45) is 0. The number of esters is 1. The first-order valence-electron chi connectivity index (χ1n) is 6.55. The molecule has 1 rings (SSSR count). The van der Waals surface area contributed by atoms with E-state index in [9.17, 15) is 18.0 Å². The van der Waals surface area contributed by atoms with Gasteiger partial charge in [0.2, 0.25) is 0 Å². The number of hydrogen-bond acceptors (Lipinski definition) is 5. The van der Waals surface area contributed by atoms with Gasteiger partial charge in [0.15, 0.2) is 9.84 Å². The van der Waals surface area contributed by atoms with Gasteiger partial charge in [-0.2, -0.15) is 0 Å². The molecule has 0 atom stereocenters. The lowest BCUT2D eigenvalue weighted by molar-refractivity contribution is -0.141. The molecule has 0 aliphatic rings. The van der Waals surface area contributed by atoms with Crippen LogP contribution >= 0.6 is 0 Å². The molecule has 0 aromatic heterocycles. The topological polar surface area (TPSA) is 80.8 Å². The van der Waals surface area contributed by atoms with E-state index in [0.717, 1.165) is 0 Å². The fourth-order valence-corrected chi connectivity index (χ4v) is 2.88. The van der Waals surface area contributed by atoms with Crippen molar-refractivity contribution >= 4 is 21.7 Å². The molecule has 0 aliphatic carbocycles. The molecule has 0 fully saturated rings. The number of hydrogen-bond donors (Lipinski definition) is 0. The van der Waals surface area contributed by atoms with E-state index in [4.69, 9.17) is 0 Å². The Labute approximate surface area is 124 Å². The van der Waals surface area contributed by atoms with E-state index in [-0.39, 0.29) is 29.3 Å². The lowest BCUT2D eigenvalue weighted by Crippen LogP contribution is -2.36. The molecule has 7 heteroatoms. The number of sulfone groups is 1. The predicted molar refractivity (Wildman–Crippen MR) is 77.8 cm³/mol. The Morgan fingerprint density at radius 3 is 2.33 bits per heavy atom. The zero-order valence-electron chi connectivity index (χ0n) is 12.3. The Morgan fingerprint density at radius 2 is 1.81 bits per heavy atom. The molecule has 0 spiro atoms. The van der Waals surface area contributed by atoms with Crippen LogP contribution in [0.1, 0.15) is 24.2 Å². The number of amides is 1. The Morgan fingerprint density at radius 1 is 1.19 bits per heavy atom. The number of rotatable bonds is 6. The van der Waals surface area contributed by atoms with Crippen LogP contribution in [0.2, 0.25) is 0 Å². The molecule has 116 valence electrons. The third-order valence-corrected chi connectivity index (χ3v) is 4.84. The number of carbonyl (C=O) groups excluding carboxylic acids is 2. The molecule has 0 saturated heterocycles. The van der Waals surface area contributed by atoms with E-state index >= 15 is 0 Å². The van der Waals surface area contributed by atoms with Crippen molar-refractivity contribution in [3.63, 3.8) is 0 Å². The van der Waals surface area contributed by atoms with Gasteiger partial charge in [-0.1, -0.05) is 19.1 Å². The van der Waals surface area contributed by atoms with E-state index in [2.05, 4.69) is 4.74 Å². The van der Waals surface area contributed by atoms with Gasteiger partial charge in [0.25, 0.3) is 5.91 Å². The van der Waals surface area contributed by atoms with E-state index in [1.54, 1.807) is 19.1 Å². The quantitative estimate of drug-likeness (QED) is 0.735. The monoisotopic (exact) mass is 313 g/mol. The molecule has 0 saturated carbocycles. The lowest BCUT2D eigenvalue weighted by Gasteiger charge is -2.20. The van der Waals surface area contributed by atoms with E-state index < -0.39 is 21.7 Å². The van der Waals surface area contributed by atoms with Crippen molar-refractivity contribution in [2.45, 2.75) is 18.7 Å². The van der Waals surface area contributed by atoms with Crippen LogP contribution in [0, 0.1) is 0 Å². The molecule has 1 amide bonds. The van der Waals surface area contributed by atoms with Crippen LogP contribution in [0.25, 0.3) is 0 Å². The molecular weight excluding hydrogens is 294 g/mol. The van der Waals surface area contributed by atoms with Gasteiger partial charge in [0, 0.05) is 6.54 Å². The maximum Gasteiger partial charge on any atom is 0.325 e. The minimum atomic E-state index is -3.51. The first-order valence-corrected chi connectivity index (χ1v) is 8.20. The highest BCUT2D eigenvalue weighted by Crippen LogP contribution is 2.19. The highest BCUT2D eigenvalue weighted by Gasteiger charge is 2.24. The van der Waals surface area contributed by atoms with Gasteiger partial charge in [-0.25, -0.2) is 8.42 Å². The molecule has 0 unspecified atom stereocenters. The summed E-state index contributed by atoms with van der Waals surface area (Å²) in [7, 11) is -2.28. The van der Waals surface area contributed by atoms with Crippen LogP contribution in [0.5, 0.6) is 0 Å². The van der Waals surface area contributed by atoms with Gasteiger partial charge in [-0.05, 0) is 19.1 Å². The Bertz CT molecular complexity index is 624. The van der Waals surface area contributed by atoms with Gasteiger partial charge in [0.1, 0.15) is 6.54 Å². The summed E-state index contributed by atoms with van der Waals surface area (Å²) in [4.78, 5) is 25.0. The maximum atomic E-state index is 12.5. The van der Waals surface area contributed by atoms with E-state index in [1.165, 1.54) is 31.1 Å². The molecule has 0 N–H and O–H groups in total. The number of nitrogens with zero attached hydrogens (tertiary/aromatic N) is 1. The minimum absolute atomic E-state index is 0.0131. The summed E-state index contributed by atoms with van der Waals surface area (Å²) < 4.78 is 28.6. The number of benzene rings is 1. The van der Waals surface area contributed by atoms with Gasteiger partial charge in [-0.3, -0.25) is 9.59 Å². The number of methoxy groups -OCH3 is 1. The second-order valence-electron chi connectivity index (χ2n) is 4.30. The summed E-state index contributed by atoms with van der Waals surface area (Å²) in [5, 5.41) is 0. The molecule has 0 bridgehead atoms. The standard InChI is InChI=1S/C14H19NO5S/c1-4-15(10-13(16)20-3)14(17)11-8-6-7-9-12(11)21(18,19)5-2/h6-9H,4-5,10H2,1-3H3. The summed E-state index contributed by atoms with van der Waals surface area (Å²) in [6, 6.07) is 6.01. The van der Waals surface area contributed by atoms with Crippen LogP contribution in [-0.2, 0) is 19.4 Å². The van der Waals surface area contributed by atoms with Gasteiger partial charge in [0.05, 0.1) is 23.3 Å². The predicted octanol–water partition coefficient (Wildman–Crippen LogP) is 1.12. The first-order chi connectivity index (χ1) is 9.87. The lowest BCUT2D eigenvalue weighted by atomic mass is 10.2. The SMILES string of the molecule is CCN(CC(=O)OC)C(=O)c1ccccc1S(=O)(=O)CC. The number of likely N-dealkylation sites (N-methyl/N-ethyl adjacent to an activating group) is 1. The smallest absolute Gasteiger partial charge is 0.325 e. The first kappa shape index (κ1) is 17.2. The minimum Gasteiger partial charge on any atom is -0.468 e. The van der Waals surface area contributed by atoms with Crippen LogP contribution in [0.3, 0.4) is 0 Å². The third-order valence-electron chi connectivity index (χ3n) is 3.05. The van der Waals surface area contributed by atoms with Gasteiger partial charge >= 0.3 is 5.97 Å².